The summed E-state index contributed by atoms with van der Waals surface area (Å²) in [5, 5.41) is 0. The van der Waals surface area contributed by atoms with Crippen molar-refractivity contribution in [1.82, 2.24) is 0 Å². The summed E-state index contributed by atoms with van der Waals surface area (Å²) in [6, 6.07) is 0. The maximum absolute atomic E-state index is 11.8. The second-order valence-electron chi connectivity index (χ2n) is 10.1. The molecule has 0 aromatic heterocycles. The highest BCUT2D eigenvalue weighted by atomic mass is 16.6. The molecule has 0 aromatic rings. The second-order valence-corrected chi connectivity index (χ2v) is 10.1. The smallest absolute Gasteiger partial charge is 0.305 e. The van der Waals surface area contributed by atoms with E-state index >= 15 is 0 Å². The lowest BCUT2D eigenvalue weighted by Gasteiger charge is -2.08. The number of hydrogen-bond acceptors (Lipinski definition) is 9. The van der Waals surface area contributed by atoms with E-state index in [2.05, 4.69) is 6.92 Å². The zero-order chi connectivity index (χ0) is 29.7. The number of esters is 1. The highest BCUT2D eigenvalue weighted by molar-refractivity contribution is 5.69. The SMILES string of the molecule is CCCCCCCCCCCCCCCC(=O)OCCOCCOCCOCCOCCOCCOCCOCC. The summed E-state index contributed by atoms with van der Waals surface area (Å²) in [4.78, 5) is 11.8. The molecule has 246 valence electrons. The van der Waals surface area contributed by atoms with Crippen molar-refractivity contribution in [1.29, 1.82) is 0 Å². The average molecular weight is 593 g/mol. The number of rotatable bonds is 36. The largest absolute Gasteiger partial charge is 0.463 e. The van der Waals surface area contributed by atoms with Crippen molar-refractivity contribution >= 4 is 5.97 Å². The molecule has 0 aliphatic heterocycles. The molecule has 0 fully saturated rings. The molecule has 0 aliphatic rings. The Morgan fingerprint density at radius 3 is 1.00 bits per heavy atom. The average Bonchev–Trinajstić information content (AvgIpc) is 2.98. The predicted octanol–water partition coefficient (Wildman–Crippen LogP) is 6.15. The van der Waals surface area contributed by atoms with Crippen molar-refractivity contribution in [3.63, 3.8) is 0 Å². The first kappa shape index (κ1) is 40.2. The summed E-state index contributed by atoms with van der Waals surface area (Å²) >= 11 is 0. The van der Waals surface area contributed by atoms with Gasteiger partial charge in [0.1, 0.15) is 6.61 Å². The Morgan fingerprint density at radius 2 is 0.659 bits per heavy atom. The lowest BCUT2D eigenvalue weighted by atomic mass is 10.0. The van der Waals surface area contributed by atoms with Gasteiger partial charge in [-0.15, -0.1) is 0 Å². The van der Waals surface area contributed by atoms with Gasteiger partial charge in [-0.2, -0.15) is 0 Å². The van der Waals surface area contributed by atoms with Gasteiger partial charge in [-0.3, -0.25) is 4.79 Å². The van der Waals surface area contributed by atoms with E-state index in [0.29, 0.717) is 106 Å². The van der Waals surface area contributed by atoms with Crippen LogP contribution in [-0.4, -0.2) is 105 Å². The van der Waals surface area contributed by atoms with Crippen molar-refractivity contribution in [2.24, 2.45) is 0 Å². The molecule has 9 nitrogen and oxygen atoms in total. The molecule has 0 aromatic carbocycles. The molecule has 0 saturated heterocycles. The maximum Gasteiger partial charge on any atom is 0.305 e. The van der Waals surface area contributed by atoms with Crippen molar-refractivity contribution in [2.45, 2.75) is 104 Å². The first-order chi connectivity index (χ1) is 20.3. The maximum atomic E-state index is 11.8. The number of hydrogen-bond donors (Lipinski definition) is 0. The Labute approximate surface area is 251 Å². The minimum absolute atomic E-state index is 0.125. The van der Waals surface area contributed by atoms with E-state index in [-0.39, 0.29) is 5.97 Å². The minimum Gasteiger partial charge on any atom is -0.463 e. The summed E-state index contributed by atoms with van der Waals surface area (Å²) in [6.07, 6.45) is 17.4. The van der Waals surface area contributed by atoms with E-state index in [9.17, 15) is 4.79 Å². The number of carbonyl (C=O) groups is 1. The molecule has 0 radical (unpaired) electrons. The van der Waals surface area contributed by atoms with Gasteiger partial charge in [0.05, 0.1) is 85.9 Å². The van der Waals surface area contributed by atoms with Crippen LogP contribution in [0.4, 0.5) is 0 Å². The van der Waals surface area contributed by atoms with Gasteiger partial charge in [-0.05, 0) is 13.3 Å². The van der Waals surface area contributed by atoms with Gasteiger partial charge < -0.3 is 37.9 Å². The summed E-state index contributed by atoms with van der Waals surface area (Å²) in [5.41, 5.74) is 0. The summed E-state index contributed by atoms with van der Waals surface area (Å²) in [6.45, 7) is 12.1. The monoisotopic (exact) mass is 592 g/mol. The van der Waals surface area contributed by atoms with E-state index in [1.807, 2.05) is 6.92 Å². The fourth-order valence-corrected chi connectivity index (χ4v) is 4.04. The van der Waals surface area contributed by atoms with Gasteiger partial charge in [-0.25, -0.2) is 0 Å². The highest BCUT2D eigenvalue weighted by Gasteiger charge is 2.03. The molecule has 9 heteroatoms. The van der Waals surface area contributed by atoms with Gasteiger partial charge in [0.15, 0.2) is 0 Å². The van der Waals surface area contributed by atoms with Gasteiger partial charge in [0, 0.05) is 13.0 Å². The standard InChI is InChI=1S/C32H64O9/c1-3-5-6-7-8-9-10-11-12-13-14-15-16-17-32(33)41-31-30-40-29-28-39-27-26-38-25-24-37-23-22-36-21-20-35-19-18-34-4-2/h3-31H2,1-2H3. The molecular formula is C32H64O9. The Balaban J connectivity index is 3.13. The van der Waals surface area contributed by atoms with Crippen LogP contribution in [0.3, 0.4) is 0 Å². The second kappa shape index (κ2) is 37.2. The van der Waals surface area contributed by atoms with Crippen LogP contribution in [0.25, 0.3) is 0 Å². The first-order valence-electron chi connectivity index (χ1n) is 16.5. The van der Waals surface area contributed by atoms with Gasteiger partial charge >= 0.3 is 5.97 Å². The summed E-state index contributed by atoms with van der Waals surface area (Å²) in [7, 11) is 0. The third-order valence-corrected chi connectivity index (χ3v) is 6.41. The van der Waals surface area contributed by atoms with Crippen LogP contribution in [0.1, 0.15) is 104 Å². The van der Waals surface area contributed by atoms with E-state index in [4.69, 9.17) is 37.9 Å². The van der Waals surface area contributed by atoms with Crippen LogP contribution in [-0.2, 0) is 42.7 Å². The molecule has 41 heavy (non-hydrogen) atoms. The first-order valence-corrected chi connectivity index (χ1v) is 16.5. The molecule has 0 aliphatic carbocycles. The van der Waals surface area contributed by atoms with E-state index in [0.717, 1.165) is 12.8 Å². The van der Waals surface area contributed by atoms with Gasteiger partial charge in [-0.1, -0.05) is 84.0 Å². The number of ether oxygens (including phenoxy) is 8. The summed E-state index contributed by atoms with van der Waals surface area (Å²) in [5.74, 6) is -0.125. The normalized spacial score (nSPS) is 11.4. The Bertz CT molecular complexity index is 494. The molecule has 0 heterocycles. The minimum atomic E-state index is -0.125. The van der Waals surface area contributed by atoms with Crippen LogP contribution >= 0.6 is 0 Å². The number of carbonyl (C=O) groups excluding carboxylic acids is 1. The fourth-order valence-electron chi connectivity index (χ4n) is 4.04. The third-order valence-electron chi connectivity index (χ3n) is 6.41. The Kier molecular flexibility index (Phi) is 36.5. The highest BCUT2D eigenvalue weighted by Crippen LogP contribution is 2.13. The quantitative estimate of drug-likeness (QED) is 0.0628. The zero-order valence-corrected chi connectivity index (χ0v) is 26.7. The van der Waals surface area contributed by atoms with E-state index in [1.165, 1.54) is 70.6 Å². The lowest BCUT2D eigenvalue weighted by Crippen LogP contribution is -2.15. The third kappa shape index (κ3) is 37.2. The van der Waals surface area contributed by atoms with Crippen LogP contribution in [0.15, 0.2) is 0 Å². The zero-order valence-electron chi connectivity index (χ0n) is 26.7. The topological polar surface area (TPSA) is 90.9 Å². The number of unbranched alkanes of at least 4 members (excludes halogenated alkanes) is 12. The Hall–Kier alpha value is -0.810. The molecule has 0 spiro atoms. The molecular weight excluding hydrogens is 528 g/mol. The van der Waals surface area contributed by atoms with Crippen molar-refractivity contribution in [3.05, 3.63) is 0 Å². The van der Waals surface area contributed by atoms with Crippen molar-refractivity contribution in [2.75, 3.05) is 99.1 Å². The van der Waals surface area contributed by atoms with Gasteiger partial charge in [0.2, 0.25) is 0 Å². The van der Waals surface area contributed by atoms with Crippen LogP contribution in [0.5, 0.6) is 0 Å². The van der Waals surface area contributed by atoms with Crippen molar-refractivity contribution in [3.8, 4) is 0 Å². The van der Waals surface area contributed by atoms with Crippen LogP contribution in [0.2, 0.25) is 0 Å². The van der Waals surface area contributed by atoms with Crippen molar-refractivity contribution < 1.29 is 42.7 Å². The summed E-state index contributed by atoms with van der Waals surface area (Å²) < 4.78 is 43.0. The molecule has 0 amide bonds. The van der Waals surface area contributed by atoms with Crippen LogP contribution in [0, 0.1) is 0 Å². The fraction of sp³-hybridized carbons (Fsp3) is 0.969. The van der Waals surface area contributed by atoms with Gasteiger partial charge in [0.25, 0.3) is 0 Å². The molecule has 0 unspecified atom stereocenters. The lowest BCUT2D eigenvalue weighted by molar-refractivity contribution is -0.145. The van der Waals surface area contributed by atoms with Crippen LogP contribution < -0.4 is 0 Å². The molecule has 0 atom stereocenters. The molecule has 0 N–H and O–H groups in total. The molecule has 0 bridgehead atoms. The van der Waals surface area contributed by atoms with E-state index < -0.39 is 0 Å². The molecule has 0 saturated carbocycles. The Morgan fingerprint density at radius 1 is 0.366 bits per heavy atom. The molecule has 0 rings (SSSR count). The predicted molar refractivity (Wildman–Crippen MR) is 163 cm³/mol. The van der Waals surface area contributed by atoms with E-state index in [1.54, 1.807) is 0 Å².